The lowest BCUT2D eigenvalue weighted by molar-refractivity contribution is -0.142. The van der Waals surface area contributed by atoms with Crippen LogP contribution in [0.1, 0.15) is 39.7 Å². The first-order chi connectivity index (χ1) is 13.2. The molecule has 1 aromatic carbocycles. The van der Waals surface area contributed by atoms with Crippen LogP contribution in [0.2, 0.25) is 0 Å². The molecule has 0 spiro atoms. The molecular weight excluding hydrogens is 413 g/mol. The van der Waals surface area contributed by atoms with Crippen molar-refractivity contribution in [1.29, 1.82) is 5.26 Å². The van der Waals surface area contributed by atoms with E-state index in [4.69, 9.17) is 10.5 Å². The van der Waals surface area contributed by atoms with Gasteiger partial charge in [0.25, 0.3) is 0 Å². The SMILES string of the molecule is CCOC(=O)CC(=O)c1sc(SCc2cccc(C(F)(F)F)c2)c(C#N)c1N. The van der Waals surface area contributed by atoms with Crippen LogP contribution in [-0.4, -0.2) is 18.4 Å². The van der Waals surface area contributed by atoms with Gasteiger partial charge >= 0.3 is 12.1 Å². The van der Waals surface area contributed by atoms with Crippen LogP contribution >= 0.6 is 23.1 Å². The standard InChI is InChI=1S/C18H15F3N2O3S2/c1-2-26-14(25)7-13(24)16-15(23)12(8-22)17(28-16)27-9-10-4-3-5-11(6-10)18(19,20)21/h3-6H,2,7,9,23H2,1H3. The van der Waals surface area contributed by atoms with Crippen LogP contribution in [0, 0.1) is 11.3 Å². The molecule has 0 unspecified atom stereocenters. The number of ketones is 1. The fourth-order valence-corrected chi connectivity index (χ4v) is 4.53. The Hall–Kier alpha value is -2.51. The number of hydrogen-bond acceptors (Lipinski definition) is 7. The Kier molecular flexibility index (Phi) is 7.10. The molecule has 0 fully saturated rings. The molecule has 5 nitrogen and oxygen atoms in total. The Bertz CT molecular complexity index is 933. The van der Waals surface area contributed by atoms with E-state index in [0.29, 0.717) is 9.77 Å². The minimum Gasteiger partial charge on any atom is -0.466 e. The smallest absolute Gasteiger partial charge is 0.416 e. The number of rotatable bonds is 7. The van der Waals surface area contributed by atoms with Crippen LogP contribution < -0.4 is 5.73 Å². The molecule has 148 valence electrons. The quantitative estimate of drug-likeness (QED) is 0.299. The number of halogens is 3. The molecule has 0 aliphatic heterocycles. The number of nitrogens with two attached hydrogens (primary N) is 1. The number of carbonyl (C=O) groups excluding carboxylic acids is 2. The van der Waals surface area contributed by atoms with E-state index < -0.39 is 29.9 Å². The van der Waals surface area contributed by atoms with E-state index >= 15 is 0 Å². The second kappa shape index (κ2) is 9.12. The van der Waals surface area contributed by atoms with Gasteiger partial charge in [0.15, 0.2) is 5.78 Å². The topological polar surface area (TPSA) is 93.2 Å². The van der Waals surface area contributed by atoms with Crippen molar-refractivity contribution in [3.63, 3.8) is 0 Å². The second-order valence-corrected chi connectivity index (χ2v) is 7.78. The van der Waals surface area contributed by atoms with E-state index in [1.54, 1.807) is 6.92 Å². The molecule has 10 heteroatoms. The minimum absolute atomic E-state index is 0.0339. The number of nitrogen functional groups attached to an aromatic ring is 1. The van der Waals surface area contributed by atoms with E-state index in [-0.39, 0.29) is 28.5 Å². The third-order valence-electron chi connectivity index (χ3n) is 3.51. The maximum absolute atomic E-state index is 12.8. The van der Waals surface area contributed by atoms with Gasteiger partial charge in [-0.1, -0.05) is 18.2 Å². The van der Waals surface area contributed by atoms with E-state index in [1.807, 2.05) is 6.07 Å². The van der Waals surface area contributed by atoms with Crippen molar-refractivity contribution in [3.8, 4) is 6.07 Å². The summed E-state index contributed by atoms with van der Waals surface area (Å²) in [5.41, 5.74) is 5.56. The summed E-state index contributed by atoms with van der Waals surface area (Å²) in [5.74, 6) is -1.11. The molecule has 0 aliphatic rings. The number of nitrogens with zero attached hydrogens (tertiary/aromatic N) is 1. The zero-order valence-corrected chi connectivity index (χ0v) is 16.3. The molecule has 0 amide bonds. The van der Waals surface area contributed by atoms with E-state index in [0.717, 1.165) is 35.2 Å². The molecule has 0 bridgehead atoms. The number of anilines is 1. The van der Waals surface area contributed by atoms with Gasteiger partial charge in [-0.25, -0.2) is 0 Å². The molecule has 0 atom stereocenters. The van der Waals surface area contributed by atoms with Crippen molar-refractivity contribution in [1.82, 2.24) is 0 Å². The highest BCUT2D eigenvalue weighted by molar-refractivity contribution is 8.00. The molecule has 2 aromatic rings. The predicted molar refractivity (Wildman–Crippen MR) is 100 cm³/mol. The van der Waals surface area contributed by atoms with E-state index in [2.05, 4.69) is 0 Å². The normalized spacial score (nSPS) is 11.1. The Balaban J connectivity index is 2.20. The summed E-state index contributed by atoms with van der Waals surface area (Å²) < 4.78 is 43.6. The van der Waals surface area contributed by atoms with Crippen LogP contribution in [0.3, 0.4) is 0 Å². The molecule has 1 aromatic heterocycles. The van der Waals surface area contributed by atoms with Crippen LogP contribution in [0.15, 0.2) is 28.5 Å². The molecule has 0 saturated heterocycles. The van der Waals surface area contributed by atoms with Crippen LogP contribution in [0.25, 0.3) is 0 Å². The Morgan fingerprint density at radius 3 is 2.68 bits per heavy atom. The van der Waals surface area contributed by atoms with Gasteiger partial charge in [0.05, 0.1) is 26.9 Å². The number of nitriles is 1. The maximum Gasteiger partial charge on any atom is 0.416 e. The number of carbonyl (C=O) groups is 2. The highest BCUT2D eigenvalue weighted by Gasteiger charge is 2.30. The van der Waals surface area contributed by atoms with Crippen molar-refractivity contribution in [2.24, 2.45) is 0 Å². The Labute approximate surface area is 167 Å². The fourth-order valence-electron chi connectivity index (χ4n) is 2.25. The van der Waals surface area contributed by atoms with Gasteiger partial charge in [0, 0.05) is 5.75 Å². The van der Waals surface area contributed by atoms with Gasteiger partial charge in [0.2, 0.25) is 0 Å². The zero-order chi connectivity index (χ0) is 20.9. The molecular formula is C18H15F3N2O3S2. The average Bonchev–Trinajstić information content (AvgIpc) is 2.95. The van der Waals surface area contributed by atoms with Gasteiger partial charge in [-0.2, -0.15) is 18.4 Å². The number of thiophene rings is 1. The van der Waals surface area contributed by atoms with Crippen LogP contribution in [-0.2, 0) is 21.5 Å². The number of hydrogen-bond donors (Lipinski definition) is 1. The summed E-state index contributed by atoms with van der Waals surface area (Å²) >= 11 is 2.05. The summed E-state index contributed by atoms with van der Waals surface area (Å²) in [4.78, 5) is 23.8. The lowest BCUT2D eigenvalue weighted by Crippen LogP contribution is -2.11. The summed E-state index contributed by atoms with van der Waals surface area (Å²) in [6.45, 7) is 1.74. The summed E-state index contributed by atoms with van der Waals surface area (Å²) in [7, 11) is 0. The first-order valence-electron chi connectivity index (χ1n) is 7.97. The average molecular weight is 428 g/mol. The molecule has 2 rings (SSSR count). The van der Waals surface area contributed by atoms with Gasteiger partial charge in [0.1, 0.15) is 18.1 Å². The number of thioether (sulfide) groups is 1. The molecule has 1 heterocycles. The Morgan fingerprint density at radius 2 is 2.07 bits per heavy atom. The minimum atomic E-state index is -4.45. The Morgan fingerprint density at radius 1 is 1.36 bits per heavy atom. The number of Topliss-reactive ketones (excluding diaryl/α,β-unsaturated/α-hetero) is 1. The van der Waals surface area contributed by atoms with Crippen molar-refractivity contribution in [3.05, 3.63) is 45.8 Å². The van der Waals surface area contributed by atoms with E-state index in [1.165, 1.54) is 12.1 Å². The fraction of sp³-hybridized carbons (Fsp3) is 0.278. The van der Waals surface area contributed by atoms with Crippen LogP contribution in [0.5, 0.6) is 0 Å². The van der Waals surface area contributed by atoms with Crippen molar-refractivity contribution >= 4 is 40.5 Å². The monoisotopic (exact) mass is 428 g/mol. The maximum atomic E-state index is 12.8. The van der Waals surface area contributed by atoms with Gasteiger partial charge in [-0.3, -0.25) is 9.59 Å². The van der Waals surface area contributed by atoms with Gasteiger partial charge in [-0.05, 0) is 18.6 Å². The third-order valence-corrected chi connectivity index (χ3v) is 6.10. The zero-order valence-electron chi connectivity index (χ0n) is 14.6. The summed E-state index contributed by atoms with van der Waals surface area (Å²) in [6, 6.07) is 6.76. The highest BCUT2D eigenvalue weighted by Crippen LogP contribution is 2.40. The molecule has 0 radical (unpaired) electrons. The van der Waals surface area contributed by atoms with Crippen molar-refractivity contribution in [2.75, 3.05) is 12.3 Å². The lowest BCUT2D eigenvalue weighted by atomic mass is 10.1. The number of alkyl halides is 3. The van der Waals surface area contributed by atoms with Crippen molar-refractivity contribution < 1.29 is 27.5 Å². The van der Waals surface area contributed by atoms with E-state index in [9.17, 15) is 28.0 Å². The first-order valence-corrected chi connectivity index (χ1v) is 9.77. The second-order valence-electron chi connectivity index (χ2n) is 5.51. The van der Waals surface area contributed by atoms with Gasteiger partial charge < -0.3 is 10.5 Å². The third kappa shape index (κ3) is 5.27. The predicted octanol–water partition coefficient (Wildman–Crippen LogP) is 4.65. The molecule has 28 heavy (non-hydrogen) atoms. The van der Waals surface area contributed by atoms with Crippen LogP contribution in [0.4, 0.5) is 18.9 Å². The van der Waals surface area contributed by atoms with Crippen molar-refractivity contribution in [2.45, 2.75) is 29.5 Å². The molecule has 2 N–H and O–H groups in total. The molecule has 0 aliphatic carbocycles. The summed E-state index contributed by atoms with van der Waals surface area (Å²) in [6.07, 6.45) is -4.94. The lowest BCUT2D eigenvalue weighted by Gasteiger charge is -2.08. The summed E-state index contributed by atoms with van der Waals surface area (Å²) in [5, 5.41) is 9.32. The number of benzene rings is 1. The first kappa shape index (κ1) is 21.8. The molecule has 0 saturated carbocycles. The van der Waals surface area contributed by atoms with Gasteiger partial charge in [-0.15, -0.1) is 23.1 Å². The number of ether oxygens (including phenoxy) is 1. The number of esters is 1. The largest absolute Gasteiger partial charge is 0.466 e. The highest BCUT2D eigenvalue weighted by atomic mass is 32.2.